The van der Waals surface area contributed by atoms with Crippen molar-refractivity contribution in [3.05, 3.63) is 57.8 Å². The maximum atomic E-state index is 13.9. The fourth-order valence-corrected chi connectivity index (χ4v) is 4.24. The minimum absolute atomic E-state index is 0. The first-order valence-corrected chi connectivity index (χ1v) is 10.8. The van der Waals surface area contributed by atoms with E-state index in [0.29, 0.717) is 19.0 Å². The number of nitrogens with zero attached hydrogens (tertiary/aromatic N) is 2. The number of halogens is 3. The summed E-state index contributed by atoms with van der Waals surface area (Å²) in [5.41, 5.74) is 0.235. The topological polar surface area (TPSA) is 48.9 Å². The van der Waals surface area contributed by atoms with E-state index in [4.69, 9.17) is 4.74 Å². The van der Waals surface area contributed by atoms with Crippen LogP contribution in [0.25, 0.3) is 0 Å². The molecule has 0 spiro atoms. The molecule has 1 aliphatic heterocycles. The van der Waals surface area contributed by atoms with E-state index in [-0.39, 0.29) is 48.2 Å². The molecular weight excluding hydrogens is 521 g/mol. The van der Waals surface area contributed by atoms with Gasteiger partial charge in [-0.25, -0.2) is 13.8 Å². The van der Waals surface area contributed by atoms with Crippen molar-refractivity contribution < 1.29 is 13.5 Å². The van der Waals surface area contributed by atoms with E-state index in [0.717, 1.165) is 31.8 Å². The Labute approximate surface area is 197 Å². The molecule has 1 aromatic heterocycles. The number of benzene rings is 1. The smallest absolute Gasteiger partial charge is 0.191 e. The van der Waals surface area contributed by atoms with Crippen molar-refractivity contribution in [2.24, 2.45) is 4.99 Å². The predicted molar refractivity (Wildman–Crippen MR) is 129 cm³/mol. The molecule has 0 radical (unpaired) electrons. The Morgan fingerprint density at radius 3 is 2.87 bits per heavy atom. The second-order valence-electron chi connectivity index (χ2n) is 7.02. The monoisotopic (exact) mass is 550 g/mol. The lowest BCUT2D eigenvalue weighted by Gasteiger charge is -2.37. The van der Waals surface area contributed by atoms with Gasteiger partial charge in [0.1, 0.15) is 11.6 Å². The molecule has 2 unspecified atom stereocenters. The van der Waals surface area contributed by atoms with Crippen LogP contribution in [0.5, 0.6) is 0 Å². The van der Waals surface area contributed by atoms with E-state index in [2.05, 4.69) is 45.0 Å². The number of aliphatic imine (C=N–C) groups is 1. The summed E-state index contributed by atoms with van der Waals surface area (Å²) in [6.45, 7) is 7.92. The first kappa shape index (κ1) is 25.0. The summed E-state index contributed by atoms with van der Waals surface area (Å²) < 4.78 is 33.0. The van der Waals surface area contributed by atoms with E-state index < -0.39 is 11.6 Å². The molecule has 0 saturated carbocycles. The third-order valence-corrected chi connectivity index (χ3v) is 5.78. The van der Waals surface area contributed by atoms with Gasteiger partial charge in [-0.1, -0.05) is 6.07 Å². The number of hydrogen-bond donors (Lipinski definition) is 2. The Hall–Kier alpha value is -1.30. The number of guanidine groups is 1. The maximum Gasteiger partial charge on any atom is 0.191 e. The number of hydrogen-bond acceptors (Lipinski definition) is 4. The van der Waals surface area contributed by atoms with Crippen LogP contribution in [0.4, 0.5) is 8.78 Å². The summed E-state index contributed by atoms with van der Waals surface area (Å²) in [7, 11) is 0. The van der Waals surface area contributed by atoms with Crippen molar-refractivity contribution in [2.75, 3.05) is 32.8 Å². The van der Waals surface area contributed by atoms with E-state index in [1.165, 1.54) is 10.9 Å². The number of ether oxygens (including phenoxy) is 1. The minimum atomic E-state index is -0.464. The van der Waals surface area contributed by atoms with E-state index in [9.17, 15) is 8.78 Å². The zero-order valence-corrected chi connectivity index (χ0v) is 20.4. The van der Waals surface area contributed by atoms with Crippen molar-refractivity contribution in [1.29, 1.82) is 0 Å². The van der Waals surface area contributed by atoms with Crippen LogP contribution in [0.2, 0.25) is 0 Å². The zero-order chi connectivity index (χ0) is 20.6. The molecule has 1 aromatic carbocycles. The fourth-order valence-electron chi connectivity index (χ4n) is 3.38. The highest BCUT2D eigenvalue weighted by Crippen LogP contribution is 2.26. The van der Waals surface area contributed by atoms with Crippen molar-refractivity contribution in [3.63, 3.8) is 0 Å². The van der Waals surface area contributed by atoms with Crippen LogP contribution < -0.4 is 10.6 Å². The number of nitrogens with one attached hydrogen (secondary N) is 2. The molecule has 0 amide bonds. The molecule has 2 heterocycles. The Kier molecular flexibility index (Phi) is 10.4. The Morgan fingerprint density at radius 2 is 2.17 bits per heavy atom. The Morgan fingerprint density at radius 1 is 1.33 bits per heavy atom. The molecule has 0 bridgehead atoms. The number of thiophene rings is 1. The first-order chi connectivity index (χ1) is 14.1. The standard InChI is InChI=1S/C21H28F2N4OS.HI/c1-3-24-21(25-12-16-11-17(22)6-7-18(16)23)26-13-19(20-5-4-10-29-20)27-8-9-28-15(2)14-27;/h4-7,10-11,15,19H,3,8-9,12-14H2,1-2H3,(H2,24,25,26);1H. The molecule has 1 fully saturated rings. The van der Waals surface area contributed by atoms with Crippen molar-refractivity contribution in [1.82, 2.24) is 15.5 Å². The lowest BCUT2D eigenvalue weighted by Crippen LogP contribution is -2.48. The van der Waals surface area contributed by atoms with Crippen LogP contribution >= 0.6 is 35.3 Å². The van der Waals surface area contributed by atoms with Crippen molar-refractivity contribution >= 4 is 41.3 Å². The van der Waals surface area contributed by atoms with E-state index in [1.807, 2.05) is 6.92 Å². The number of morpholine rings is 1. The summed E-state index contributed by atoms with van der Waals surface area (Å²) in [6, 6.07) is 7.82. The average Bonchev–Trinajstić information content (AvgIpc) is 3.23. The maximum absolute atomic E-state index is 13.9. The lowest BCUT2D eigenvalue weighted by atomic mass is 10.1. The van der Waals surface area contributed by atoms with Gasteiger partial charge in [0.05, 0.1) is 25.3 Å². The summed E-state index contributed by atoms with van der Waals surface area (Å²) in [5, 5.41) is 8.64. The minimum Gasteiger partial charge on any atom is -0.376 e. The molecule has 2 N–H and O–H groups in total. The fraction of sp³-hybridized carbons (Fsp3) is 0.476. The van der Waals surface area contributed by atoms with Crippen LogP contribution in [0, 0.1) is 11.6 Å². The molecule has 2 atom stereocenters. The van der Waals surface area contributed by atoms with Gasteiger partial charge in [-0.2, -0.15) is 0 Å². The van der Waals surface area contributed by atoms with Crippen molar-refractivity contribution in [3.8, 4) is 0 Å². The highest BCUT2D eigenvalue weighted by atomic mass is 127. The summed E-state index contributed by atoms with van der Waals surface area (Å²) in [6.07, 6.45) is 0.198. The highest BCUT2D eigenvalue weighted by molar-refractivity contribution is 14.0. The van der Waals surface area contributed by atoms with E-state index >= 15 is 0 Å². The molecule has 3 rings (SSSR count). The third kappa shape index (κ3) is 7.14. The van der Waals surface area contributed by atoms with Gasteiger partial charge in [-0.05, 0) is 43.5 Å². The predicted octanol–water partition coefficient (Wildman–Crippen LogP) is 4.16. The van der Waals surface area contributed by atoms with E-state index in [1.54, 1.807) is 11.3 Å². The van der Waals surface area contributed by atoms with Crippen LogP contribution in [0.15, 0.2) is 40.7 Å². The van der Waals surface area contributed by atoms with Gasteiger partial charge in [0.2, 0.25) is 0 Å². The zero-order valence-electron chi connectivity index (χ0n) is 17.2. The summed E-state index contributed by atoms with van der Waals surface area (Å²) in [5.74, 6) is -0.336. The van der Waals surface area contributed by atoms with Crippen molar-refractivity contribution in [2.45, 2.75) is 32.5 Å². The first-order valence-electron chi connectivity index (χ1n) is 9.92. The summed E-state index contributed by atoms with van der Waals surface area (Å²) in [4.78, 5) is 8.14. The molecule has 9 heteroatoms. The van der Waals surface area contributed by atoms with Crippen LogP contribution in [-0.4, -0.2) is 49.7 Å². The average molecular weight is 550 g/mol. The second kappa shape index (κ2) is 12.5. The lowest BCUT2D eigenvalue weighted by molar-refractivity contribution is -0.0334. The van der Waals surface area contributed by atoms with Crippen LogP contribution in [0.3, 0.4) is 0 Å². The Bertz CT molecular complexity index is 806. The molecule has 1 saturated heterocycles. The molecule has 1 aliphatic rings. The quantitative estimate of drug-likeness (QED) is 0.309. The van der Waals surface area contributed by atoms with Gasteiger partial charge in [0.25, 0.3) is 0 Å². The second-order valence-corrected chi connectivity index (χ2v) is 8.00. The van der Waals surface area contributed by atoms with Gasteiger partial charge in [-0.3, -0.25) is 4.90 Å². The summed E-state index contributed by atoms with van der Waals surface area (Å²) >= 11 is 1.73. The molecule has 2 aromatic rings. The Balaban J connectivity index is 0.00000320. The normalized spacial score (nSPS) is 18.5. The van der Waals surface area contributed by atoms with Gasteiger partial charge >= 0.3 is 0 Å². The van der Waals surface area contributed by atoms with Crippen LogP contribution in [-0.2, 0) is 11.3 Å². The van der Waals surface area contributed by atoms with Gasteiger partial charge in [0, 0.05) is 36.6 Å². The molecule has 5 nitrogen and oxygen atoms in total. The largest absolute Gasteiger partial charge is 0.376 e. The third-order valence-electron chi connectivity index (χ3n) is 4.81. The SMILES string of the molecule is CCNC(=NCc1cc(F)ccc1F)NCC(c1cccs1)N1CCOC(C)C1.I. The molecule has 30 heavy (non-hydrogen) atoms. The van der Waals surface area contributed by atoms with Gasteiger partial charge in [-0.15, -0.1) is 35.3 Å². The molecular formula is C21H29F2IN4OS. The van der Waals surface area contributed by atoms with Crippen LogP contribution in [0.1, 0.15) is 30.3 Å². The van der Waals surface area contributed by atoms with Gasteiger partial charge < -0.3 is 15.4 Å². The highest BCUT2D eigenvalue weighted by Gasteiger charge is 2.26. The number of rotatable bonds is 7. The molecule has 166 valence electrons. The van der Waals surface area contributed by atoms with Gasteiger partial charge in [0.15, 0.2) is 5.96 Å². The molecule has 0 aliphatic carbocycles.